The van der Waals surface area contributed by atoms with E-state index in [0.717, 1.165) is 5.56 Å². The maximum atomic E-state index is 14.5. The molecule has 0 aromatic heterocycles. The quantitative estimate of drug-likeness (QED) is 0.348. The lowest BCUT2D eigenvalue weighted by Gasteiger charge is -2.37. The van der Waals surface area contributed by atoms with E-state index < -0.39 is 35.0 Å². The van der Waals surface area contributed by atoms with E-state index in [9.17, 15) is 19.5 Å². The third kappa shape index (κ3) is 4.19. The number of para-hydroxylation sites is 1. The molecule has 9 heteroatoms. The van der Waals surface area contributed by atoms with Crippen LogP contribution in [0.5, 0.6) is 0 Å². The second kappa shape index (κ2) is 10.6. The topological polar surface area (TPSA) is 96.4 Å². The first-order chi connectivity index (χ1) is 17.7. The number of hydrogen-bond donors (Lipinski definition) is 1. The number of benzene rings is 1. The average molecular weight is 531 g/mol. The summed E-state index contributed by atoms with van der Waals surface area (Å²) in [4.78, 5) is 44.8. The number of aliphatic hydroxyl groups excluding tert-OH is 1. The molecule has 1 aromatic rings. The molecule has 3 heterocycles. The maximum absolute atomic E-state index is 14.5. The fourth-order valence-corrected chi connectivity index (χ4v) is 6.93. The van der Waals surface area contributed by atoms with Crippen molar-refractivity contribution in [1.29, 1.82) is 0 Å². The van der Waals surface area contributed by atoms with Crippen LogP contribution in [-0.4, -0.2) is 71.3 Å². The highest BCUT2D eigenvalue weighted by Gasteiger charge is 2.79. The normalized spacial score (nSPS) is 29.8. The number of amides is 2. The predicted molar refractivity (Wildman–Crippen MR) is 140 cm³/mol. The third-order valence-corrected chi connectivity index (χ3v) is 8.41. The Kier molecular flexibility index (Phi) is 7.83. The SMILES string of the molecule is C=CCOC(=O)[C@H]1[C@H]2C(=O)N(CCCO)C(C(=O)N(CC=C)c3c(C)cccc3Cl)C23CC[C@]1(CC)O3. The van der Waals surface area contributed by atoms with Gasteiger partial charge >= 0.3 is 5.97 Å². The van der Waals surface area contributed by atoms with Crippen LogP contribution in [0.3, 0.4) is 0 Å². The van der Waals surface area contributed by atoms with E-state index in [1.807, 2.05) is 26.0 Å². The van der Waals surface area contributed by atoms with Gasteiger partial charge in [-0.1, -0.05) is 49.4 Å². The van der Waals surface area contributed by atoms with E-state index in [1.165, 1.54) is 11.0 Å². The summed E-state index contributed by atoms with van der Waals surface area (Å²) in [5, 5.41) is 9.96. The van der Waals surface area contributed by atoms with Gasteiger partial charge in [0.25, 0.3) is 5.91 Å². The number of fused-ring (bicyclic) bond motifs is 1. The summed E-state index contributed by atoms with van der Waals surface area (Å²) in [7, 11) is 0. The summed E-state index contributed by atoms with van der Waals surface area (Å²) in [6.45, 7) is 11.4. The van der Waals surface area contributed by atoms with Crippen LogP contribution in [0, 0.1) is 18.8 Å². The highest BCUT2D eigenvalue weighted by atomic mass is 35.5. The Morgan fingerprint density at radius 2 is 2.08 bits per heavy atom. The molecule has 1 aromatic carbocycles. The molecule has 0 radical (unpaired) electrons. The lowest BCUT2D eigenvalue weighted by atomic mass is 9.65. The summed E-state index contributed by atoms with van der Waals surface area (Å²) in [6, 6.07) is 4.40. The number of anilines is 1. The van der Waals surface area contributed by atoms with E-state index >= 15 is 0 Å². The summed E-state index contributed by atoms with van der Waals surface area (Å²) in [5.74, 6) is -2.87. The number of rotatable bonds is 11. The Balaban J connectivity index is 1.83. The molecule has 3 aliphatic rings. The van der Waals surface area contributed by atoms with E-state index in [4.69, 9.17) is 21.1 Å². The first-order valence-corrected chi connectivity index (χ1v) is 13.2. The number of aryl methyl sites for hydroxylation is 1. The van der Waals surface area contributed by atoms with Crippen molar-refractivity contribution in [3.63, 3.8) is 0 Å². The smallest absolute Gasteiger partial charge is 0.313 e. The number of carbonyl (C=O) groups excluding carboxylic acids is 3. The molecule has 2 bridgehead atoms. The Bertz CT molecular complexity index is 1090. The predicted octanol–water partition coefficient (Wildman–Crippen LogP) is 3.43. The molecule has 0 aliphatic carbocycles. The zero-order valence-electron chi connectivity index (χ0n) is 21.5. The number of ether oxygens (including phenoxy) is 2. The van der Waals surface area contributed by atoms with E-state index in [1.54, 1.807) is 17.0 Å². The number of carbonyl (C=O) groups is 3. The summed E-state index contributed by atoms with van der Waals surface area (Å²) in [5.41, 5.74) is -0.728. The lowest BCUT2D eigenvalue weighted by molar-refractivity contribution is -0.159. The average Bonchev–Trinajstić information content (AvgIpc) is 3.48. The highest BCUT2D eigenvalue weighted by molar-refractivity contribution is 6.34. The molecule has 8 nitrogen and oxygen atoms in total. The van der Waals surface area contributed by atoms with Gasteiger partial charge in [0, 0.05) is 19.7 Å². The zero-order valence-corrected chi connectivity index (χ0v) is 22.2. The van der Waals surface area contributed by atoms with Crippen molar-refractivity contribution >= 4 is 35.1 Å². The first kappa shape index (κ1) is 27.4. The van der Waals surface area contributed by atoms with Crippen molar-refractivity contribution in [2.45, 2.75) is 56.8 Å². The van der Waals surface area contributed by atoms with Gasteiger partial charge in [0.1, 0.15) is 24.2 Å². The minimum Gasteiger partial charge on any atom is -0.461 e. The van der Waals surface area contributed by atoms with Gasteiger partial charge in [0.15, 0.2) is 0 Å². The van der Waals surface area contributed by atoms with Crippen molar-refractivity contribution in [2.75, 3.05) is 31.2 Å². The van der Waals surface area contributed by atoms with Gasteiger partial charge in [-0.15, -0.1) is 6.58 Å². The number of likely N-dealkylation sites (tertiary alicyclic amines) is 1. The Morgan fingerprint density at radius 3 is 2.70 bits per heavy atom. The van der Waals surface area contributed by atoms with Crippen LogP contribution in [-0.2, 0) is 23.9 Å². The Morgan fingerprint density at radius 1 is 1.32 bits per heavy atom. The molecule has 1 N–H and O–H groups in total. The Labute approximate surface area is 222 Å². The molecule has 200 valence electrons. The highest BCUT2D eigenvalue weighted by Crippen LogP contribution is 2.64. The summed E-state index contributed by atoms with van der Waals surface area (Å²) < 4.78 is 12.1. The summed E-state index contributed by atoms with van der Waals surface area (Å²) >= 11 is 6.56. The van der Waals surface area contributed by atoms with Crippen LogP contribution in [0.25, 0.3) is 0 Å². The van der Waals surface area contributed by atoms with Crippen molar-refractivity contribution in [3.05, 3.63) is 54.1 Å². The fraction of sp³-hybridized carbons (Fsp3) is 0.536. The van der Waals surface area contributed by atoms with Crippen LogP contribution in [0.1, 0.15) is 38.2 Å². The molecule has 2 amide bonds. The Hall–Kier alpha value is -2.68. The number of nitrogens with zero attached hydrogens (tertiary/aromatic N) is 2. The molecule has 37 heavy (non-hydrogen) atoms. The van der Waals surface area contributed by atoms with Gasteiger partial charge in [-0.3, -0.25) is 14.4 Å². The van der Waals surface area contributed by atoms with Gasteiger partial charge < -0.3 is 24.4 Å². The molecular formula is C28H35ClN2O6. The number of halogens is 1. The lowest BCUT2D eigenvalue weighted by Crippen LogP contribution is -2.56. The van der Waals surface area contributed by atoms with Crippen LogP contribution in [0.4, 0.5) is 5.69 Å². The maximum Gasteiger partial charge on any atom is 0.313 e. The van der Waals surface area contributed by atoms with Crippen molar-refractivity contribution < 1.29 is 29.0 Å². The van der Waals surface area contributed by atoms with Crippen molar-refractivity contribution in [2.24, 2.45) is 11.8 Å². The minimum absolute atomic E-state index is 0.0263. The second-order valence-electron chi connectivity index (χ2n) is 10.0. The third-order valence-electron chi connectivity index (χ3n) is 8.11. The molecule has 3 fully saturated rings. The van der Waals surface area contributed by atoms with Crippen LogP contribution >= 0.6 is 11.6 Å². The molecular weight excluding hydrogens is 496 g/mol. The standard InChI is InChI=1S/C28H35ClN2O6/c1-5-14-30(22-18(4)10-8-11-19(22)29)25(34)23-28-13-12-27(7-3,37-28)21(26(35)36-17-6-2)20(28)24(33)31(23)15-9-16-32/h5-6,8,10-11,20-21,23,32H,1-2,7,9,12-17H2,3-4H3/t20-,21+,23?,27-,28?/m0/s1. The van der Waals surface area contributed by atoms with Gasteiger partial charge in [-0.25, -0.2) is 0 Å². The fourth-order valence-electron chi connectivity index (χ4n) is 6.60. The minimum atomic E-state index is -1.19. The largest absolute Gasteiger partial charge is 0.461 e. The molecule has 3 saturated heterocycles. The summed E-state index contributed by atoms with van der Waals surface area (Å²) in [6.07, 6.45) is 4.87. The van der Waals surface area contributed by atoms with Gasteiger partial charge in [0.2, 0.25) is 5.91 Å². The van der Waals surface area contributed by atoms with Gasteiger partial charge in [0.05, 0.1) is 22.2 Å². The zero-order chi connectivity index (χ0) is 27.0. The molecule has 5 atom stereocenters. The monoisotopic (exact) mass is 530 g/mol. The van der Waals surface area contributed by atoms with Crippen molar-refractivity contribution in [1.82, 2.24) is 4.90 Å². The molecule has 4 rings (SSSR count). The number of esters is 1. The molecule has 3 aliphatic heterocycles. The van der Waals surface area contributed by atoms with Crippen LogP contribution in [0.15, 0.2) is 43.5 Å². The van der Waals surface area contributed by atoms with E-state index in [2.05, 4.69) is 13.2 Å². The number of aliphatic hydroxyl groups is 1. The van der Waals surface area contributed by atoms with E-state index in [0.29, 0.717) is 30.0 Å². The number of hydrogen-bond acceptors (Lipinski definition) is 6. The van der Waals surface area contributed by atoms with Gasteiger partial charge in [-0.2, -0.15) is 0 Å². The van der Waals surface area contributed by atoms with Crippen LogP contribution < -0.4 is 4.90 Å². The van der Waals surface area contributed by atoms with Crippen molar-refractivity contribution in [3.8, 4) is 0 Å². The molecule has 2 unspecified atom stereocenters. The van der Waals surface area contributed by atoms with E-state index in [-0.39, 0.29) is 44.5 Å². The second-order valence-corrected chi connectivity index (χ2v) is 10.4. The molecule has 1 spiro atoms. The molecule has 0 saturated carbocycles. The van der Waals surface area contributed by atoms with Crippen LogP contribution in [0.2, 0.25) is 5.02 Å². The van der Waals surface area contributed by atoms with Gasteiger partial charge in [-0.05, 0) is 44.2 Å². The first-order valence-electron chi connectivity index (χ1n) is 12.8.